The van der Waals surface area contributed by atoms with Gasteiger partial charge in [0.1, 0.15) is 6.04 Å². The van der Waals surface area contributed by atoms with E-state index >= 15 is 0 Å². The highest BCUT2D eigenvalue weighted by molar-refractivity contribution is 8.01. The Morgan fingerprint density at radius 2 is 2.33 bits per heavy atom. The van der Waals surface area contributed by atoms with E-state index in [0.717, 1.165) is 13.0 Å². The van der Waals surface area contributed by atoms with Crippen molar-refractivity contribution < 1.29 is 14.7 Å². The van der Waals surface area contributed by atoms with Crippen LogP contribution in [0.15, 0.2) is 0 Å². The summed E-state index contributed by atoms with van der Waals surface area (Å²) < 4.78 is 0. The average molecular weight is 336 g/mol. The number of carbonyl (C=O) groups excluding carboxylic acids is 2. The summed E-state index contributed by atoms with van der Waals surface area (Å²) in [5, 5.41) is 15.7. The van der Waals surface area contributed by atoms with E-state index in [1.165, 1.54) is 0 Å². The minimum Gasteiger partial charge on any atom is -0.391 e. The summed E-state index contributed by atoms with van der Waals surface area (Å²) in [6.45, 7) is 3.82. The van der Waals surface area contributed by atoms with Gasteiger partial charge < -0.3 is 20.6 Å². The SMILES string of the molecule is CC12CCC(=O)N1C(C(=O)NCC1CNCC1O)CS2.Cl. The molecule has 8 heteroatoms. The maximum absolute atomic E-state index is 12.3. The first-order valence-electron chi connectivity index (χ1n) is 7.14. The Hall–Kier alpha value is -0.500. The summed E-state index contributed by atoms with van der Waals surface area (Å²) in [4.78, 5) is 25.8. The van der Waals surface area contributed by atoms with Crippen LogP contribution in [0.5, 0.6) is 0 Å². The number of carbonyl (C=O) groups is 2. The fraction of sp³-hybridized carbons (Fsp3) is 0.846. The Bertz CT molecular complexity index is 439. The number of fused-ring (bicyclic) bond motifs is 1. The molecule has 3 heterocycles. The summed E-state index contributed by atoms with van der Waals surface area (Å²) in [6, 6.07) is -0.355. The van der Waals surface area contributed by atoms with Crippen LogP contribution >= 0.6 is 24.2 Å². The zero-order valence-corrected chi connectivity index (χ0v) is 13.6. The molecule has 3 saturated heterocycles. The number of nitrogens with one attached hydrogen (secondary N) is 2. The highest BCUT2D eigenvalue weighted by atomic mass is 35.5. The van der Waals surface area contributed by atoms with Gasteiger partial charge >= 0.3 is 0 Å². The molecule has 21 heavy (non-hydrogen) atoms. The first kappa shape index (κ1) is 16.9. The van der Waals surface area contributed by atoms with Crippen molar-refractivity contribution >= 4 is 36.0 Å². The van der Waals surface area contributed by atoms with Crippen LogP contribution in [0.1, 0.15) is 19.8 Å². The Morgan fingerprint density at radius 3 is 3.00 bits per heavy atom. The minimum absolute atomic E-state index is 0. The lowest BCUT2D eigenvalue weighted by molar-refractivity contribution is -0.138. The lowest BCUT2D eigenvalue weighted by Crippen LogP contribution is -2.51. The lowest BCUT2D eigenvalue weighted by atomic mass is 10.1. The third-order valence-corrected chi connectivity index (χ3v) is 6.10. The smallest absolute Gasteiger partial charge is 0.243 e. The number of hydrogen-bond acceptors (Lipinski definition) is 5. The van der Waals surface area contributed by atoms with Crippen LogP contribution in [0.2, 0.25) is 0 Å². The maximum Gasteiger partial charge on any atom is 0.243 e. The van der Waals surface area contributed by atoms with Gasteiger partial charge in [-0.1, -0.05) is 0 Å². The standard InChI is InChI=1S/C13H21N3O3S.ClH/c1-13-3-2-11(18)16(13)9(7-20-13)12(19)15-5-8-4-14-6-10(8)17;/h8-10,14,17H,2-7H2,1H3,(H,15,19);1H. The van der Waals surface area contributed by atoms with E-state index < -0.39 is 6.10 Å². The molecule has 0 spiro atoms. The monoisotopic (exact) mass is 335 g/mol. The molecule has 3 aliphatic rings. The zero-order valence-electron chi connectivity index (χ0n) is 12.0. The molecule has 120 valence electrons. The molecule has 0 aromatic carbocycles. The van der Waals surface area contributed by atoms with Gasteiger partial charge in [0.05, 0.1) is 11.0 Å². The van der Waals surface area contributed by atoms with Gasteiger partial charge in [0, 0.05) is 37.7 Å². The van der Waals surface area contributed by atoms with Crippen molar-refractivity contribution in [3.05, 3.63) is 0 Å². The first-order chi connectivity index (χ1) is 9.51. The third-order valence-electron chi connectivity index (χ3n) is 4.59. The summed E-state index contributed by atoms with van der Waals surface area (Å²) in [5.41, 5.74) is 0. The van der Waals surface area contributed by atoms with E-state index in [1.807, 2.05) is 6.92 Å². The van der Waals surface area contributed by atoms with Gasteiger partial charge in [0.25, 0.3) is 0 Å². The number of halogens is 1. The number of aliphatic hydroxyl groups excluding tert-OH is 1. The van der Waals surface area contributed by atoms with Gasteiger partial charge in [-0.15, -0.1) is 24.2 Å². The number of thioether (sulfide) groups is 1. The molecule has 3 N–H and O–H groups in total. The van der Waals surface area contributed by atoms with Crippen molar-refractivity contribution in [1.29, 1.82) is 0 Å². The van der Waals surface area contributed by atoms with Gasteiger partial charge in [-0.25, -0.2) is 0 Å². The van der Waals surface area contributed by atoms with Gasteiger partial charge in [0.2, 0.25) is 11.8 Å². The van der Waals surface area contributed by atoms with E-state index in [9.17, 15) is 14.7 Å². The molecule has 2 amide bonds. The highest BCUT2D eigenvalue weighted by Gasteiger charge is 2.52. The van der Waals surface area contributed by atoms with Crippen molar-refractivity contribution in [1.82, 2.24) is 15.5 Å². The molecule has 6 nitrogen and oxygen atoms in total. The third kappa shape index (κ3) is 3.02. The van der Waals surface area contributed by atoms with Crippen LogP contribution in [-0.2, 0) is 9.59 Å². The lowest BCUT2D eigenvalue weighted by Gasteiger charge is -2.30. The van der Waals surface area contributed by atoms with Crippen molar-refractivity contribution in [2.75, 3.05) is 25.4 Å². The Kier molecular flexibility index (Phi) is 5.07. The number of rotatable bonds is 3. The van der Waals surface area contributed by atoms with E-state index in [2.05, 4.69) is 10.6 Å². The molecular weight excluding hydrogens is 314 g/mol. The molecule has 0 aromatic heterocycles. The molecule has 3 rings (SSSR count). The largest absolute Gasteiger partial charge is 0.391 e. The van der Waals surface area contributed by atoms with Gasteiger partial charge in [-0.05, 0) is 13.3 Å². The van der Waals surface area contributed by atoms with Crippen LogP contribution in [0.3, 0.4) is 0 Å². The molecule has 0 aliphatic carbocycles. The molecule has 4 atom stereocenters. The van der Waals surface area contributed by atoms with E-state index in [1.54, 1.807) is 16.7 Å². The van der Waals surface area contributed by atoms with Crippen molar-refractivity contribution in [2.45, 2.75) is 36.8 Å². The Labute approximate surface area is 134 Å². The van der Waals surface area contributed by atoms with E-state index in [4.69, 9.17) is 0 Å². The molecule has 0 saturated carbocycles. The Balaban J connectivity index is 0.00000161. The molecule has 0 radical (unpaired) electrons. The van der Waals surface area contributed by atoms with Crippen LogP contribution in [0, 0.1) is 5.92 Å². The van der Waals surface area contributed by atoms with Gasteiger partial charge in [-0.3, -0.25) is 9.59 Å². The predicted molar refractivity (Wildman–Crippen MR) is 83.4 cm³/mol. The summed E-state index contributed by atoms with van der Waals surface area (Å²) in [5.74, 6) is 0.726. The number of β-amino-alcohol motifs (C(OH)–C–C–N with tert-alkyl or cyclic N) is 1. The second kappa shape index (κ2) is 6.32. The topological polar surface area (TPSA) is 81.7 Å². The molecule has 0 aromatic rings. The molecule has 0 bridgehead atoms. The van der Waals surface area contributed by atoms with Crippen LogP contribution in [0.4, 0.5) is 0 Å². The normalized spacial score (nSPS) is 38.3. The van der Waals surface area contributed by atoms with Crippen molar-refractivity contribution in [3.63, 3.8) is 0 Å². The highest BCUT2D eigenvalue weighted by Crippen LogP contribution is 2.47. The quantitative estimate of drug-likeness (QED) is 0.651. The molecular formula is C13H22ClN3O3S. The van der Waals surface area contributed by atoms with E-state index in [-0.39, 0.29) is 41.1 Å². The Morgan fingerprint density at radius 1 is 1.57 bits per heavy atom. The van der Waals surface area contributed by atoms with Crippen LogP contribution in [-0.4, -0.2) is 64.2 Å². The number of aliphatic hydroxyl groups is 1. The van der Waals surface area contributed by atoms with Gasteiger partial charge in [-0.2, -0.15) is 0 Å². The van der Waals surface area contributed by atoms with Crippen molar-refractivity contribution in [2.24, 2.45) is 5.92 Å². The fourth-order valence-electron chi connectivity index (χ4n) is 3.29. The predicted octanol–water partition coefficient (Wildman–Crippen LogP) is -0.441. The second-order valence-corrected chi connectivity index (χ2v) is 7.50. The number of amides is 2. The second-order valence-electron chi connectivity index (χ2n) is 6.00. The first-order valence-corrected chi connectivity index (χ1v) is 8.12. The number of nitrogens with zero attached hydrogens (tertiary/aromatic N) is 1. The zero-order chi connectivity index (χ0) is 14.3. The van der Waals surface area contributed by atoms with E-state index in [0.29, 0.717) is 25.3 Å². The minimum atomic E-state index is -0.396. The summed E-state index contributed by atoms with van der Waals surface area (Å²) in [6.07, 6.45) is 0.969. The van der Waals surface area contributed by atoms with Crippen LogP contribution in [0.25, 0.3) is 0 Å². The van der Waals surface area contributed by atoms with Crippen molar-refractivity contribution in [3.8, 4) is 0 Å². The fourth-order valence-corrected chi connectivity index (χ4v) is 4.72. The molecule has 3 aliphatic heterocycles. The molecule has 3 fully saturated rings. The van der Waals surface area contributed by atoms with Gasteiger partial charge in [0.15, 0.2) is 0 Å². The van der Waals surface area contributed by atoms with Crippen LogP contribution < -0.4 is 10.6 Å². The maximum atomic E-state index is 12.3. The summed E-state index contributed by atoms with van der Waals surface area (Å²) >= 11 is 1.70. The summed E-state index contributed by atoms with van der Waals surface area (Å²) in [7, 11) is 0. The molecule has 4 unspecified atom stereocenters. The average Bonchev–Trinajstić information content (AvgIpc) is 3.04. The number of hydrogen-bond donors (Lipinski definition) is 3.